The van der Waals surface area contributed by atoms with Crippen molar-refractivity contribution in [3.05, 3.63) is 22.7 Å². The van der Waals surface area contributed by atoms with Crippen molar-refractivity contribution in [2.24, 2.45) is 5.92 Å². The van der Waals surface area contributed by atoms with Crippen LogP contribution in [0.25, 0.3) is 0 Å². The topological polar surface area (TPSA) is 48.0 Å². The number of likely N-dealkylation sites (N-methyl/N-ethyl adjacent to an activating group) is 1. The molecule has 5 nitrogen and oxygen atoms in total. The van der Waals surface area contributed by atoms with E-state index in [1.165, 1.54) is 0 Å². The van der Waals surface area contributed by atoms with Crippen molar-refractivity contribution < 1.29 is 19.0 Å². The lowest BCUT2D eigenvalue weighted by Gasteiger charge is -2.34. The Labute approximate surface area is 161 Å². The SMILES string of the molecule is CC[C@@H](C(=O)OC(C)(C)C)[C@@H](Cc1cc2c(cc1Cl)OCO2)N(C)CC. The molecule has 1 aromatic carbocycles. The standard InChI is InChI=1S/C20H30ClNO4/c1-7-14(19(23)26-20(3,4)5)16(22(6)8-2)9-13-10-17-18(11-15(13)21)25-12-24-17/h10-11,14,16H,7-9,12H2,1-6H3/t14-,16-/m1/s1. The van der Waals surface area contributed by atoms with Crippen molar-refractivity contribution in [2.45, 2.75) is 59.1 Å². The normalized spacial score (nSPS) is 15.8. The Morgan fingerprint density at radius 3 is 2.42 bits per heavy atom. The molecule has 0 unspecified atom stereocenters. The summed E-state index contributed by atoms with van der Waals surface area (Å²) < 4.78 is 16.5. The molecule has 0 aliphatic carbocycles. The Morgan fingerprint density at radius 1 is 1.27 bits per heavy atom. The van der Waals surface area contributed by atoms with Gasteiger partial charge in [-0.2, -0.15) is 0 Å². The summed E-state index contributed by atoms with van der Waals surface area (Å²) in [6.07, 6.45) is 1.34. The highest BCUT2D eigenvalue weighted by Crippen LogP contribution is 2.38. The smallest absolute Gasteiger partial charge is 0.311 e. The van der Waals surface area contributed by atoms with E-state index in [9.17, 15) is 4.79 Å². The van der Waals surface area contributed by atoms with E-state index >= 15 is 0 Å². The number of benzene rings is 1. The number of esters is 1. The minimum Gasteiger partial charge on any atom is -0.460 e. The van der Waals surface area contributed by atoms with Crippen molar-refractivity contribution in [3.63, 3.8) is 0 Å². The lowest BCUT2D eigenvalue weighted by molar-refractivity contribution is -0.162. The van der Waals surface area contributed by atoms with Crippen LogP contribution in [-0.2, 0) is 16.0 Å². The minimum atomic E-state index is -0.504. The lowest BCUT2D eigenvalue weighted by Crippen LogP contribution is -2.44. The average molecular weight is 384 g/mol. The van der Waals surface area contributed by atoms with Crippen LogP contribution in [0.4, 0.5) is 0 Å². The molecule has 2 rings (SSSR count). The Hall–Kier alpha value is -1.46. The van der Waals surface area contributed by atoms with Gasteiger partial charge in [0.05, 0.1) is 5.92 Å². The van der Waals surface area contributed by atoms with Crippen molar-refractivity contribution >= 4 is 17.6 Å². The van der Waals surface area contributed by atoms with Gasteiger partial charge >= 0.3 is 5.97 Å². The van der Waals surface area contributed by atoms with E-state index in [0.29, 0.717) is 29.4 Å². The first-order valence-electron chi connectivity index (χ1n) is 9.17. The van der Waals surface area contributed by atoms with E-state index in [-0.39, 0.29) is 24.7 Å². The molecule has 1 heterocycles. The van der Waals surface area contributed by atoms with Gasteiger partial charge in [-0.15, -0.1) is 0 Å². The van der Waals surface area contributed by atoms with Crippen LogP contribution in [0.15, 0.2) is 12.1 Å². The van der Waals surface area contributed by atoms with E-state index in [1.807, 2.05) is 40.8 Å². The van der Waals surface area contributed by atoms with Crippen molar-refractivity contribution in [2.75, 3.05) is 20.4 Å². The van der Waals surface area contributed by atoms with Crippen LogP contribution in [0.2, 0.25) is 5.02 Å². The number of hydrogen-bond donors (Lipinski definition) is 0. The number of halogens is 1. The molecule has 1 aromatic rings. The number of fused-ring (bicyclic) bond motifs is 1. The average Bonchev–Trinajstić information content (AvgIpc) is 2.99. The Morgan fingerprint density at radius 2 is 1.88 bits per heavy atom. The third-order valence-corrected chi connectivity index (χ3v) is 5.00. The molecule has 0 N–H and O–H groups in total. The molecule has 6 heteroatoms. The molecule has 2 atom stereocenters. The summed E-state index contributed by atoms with van der Waals surface area (Å²) in [5, 5.41) is 0.628. The fourth-order valence-corrected chi connectivity index (χ4v) is 3.38. The molecular weight excluding hydrogens is 354 g/mol. The third kappa shape index (κ3) is 5.04. The number of hydrogen-bond acceptors (Lipinski definition) is 5. The summed E-state index contributed by atoms with van der Waals surface area (Å²) >= 11 is 6.46. The van der Waals surface area contributed by atoms with Crippen LogP contribution in [0.5, 0.6) is 11.5 Å². The van der Waals surface area contributed by atoms with Crippen LogP contribution >= 0.6 is 11.6 Å². The molecule has 0 radical (unpaired) electrons. The fourth-order valence-electron chi connectivity index (χ4n) is 3.15. The second-order valence-corrected chi connectivity index (χ2v) is 8.10. The van der Waals surface area contributed by atoms with Crippen LogP contribution in [-0.4, -0.2) is 42.9 Å². The zero-order chi connectivity index (χ0) is 19.5. The van der Waals surface area contributed by atoms with Gasteiger partial charge < -0.3 is 19.1 Å². The van der Waals surface area contributed by atoms with Gasteiger partial charge in [-0.25, -0.2) is 0 Å². The highest BCUT2D eigenvalue weighted by atomic mass is 35.5. The lowest BCUT2D eigenvalue weighted by atomic mass is 9.89. The van der Waals surface area contributed by atoms with Gasteiger partial charge in [-0.3, -0.25) is 4.79 Å². The number of rotatable bonds is 7. The monoisotopic (exact) mass is 383 g/mol. The van der Waals surface area contributed by atoms with Gasteiger partial charge in [0.25, 0.3) is 0 Å². The summed E-state index contributed by atoms with van der Waals surface area (Å²) in [6.45, 7) is 10.8. The molecule has 0 spiro atoms. The maximum Gasteiger partial charge on any atom is 0.311 e. The second-order valence-electron chi connectivity index (χ2n) is 7.69. The largest absolute Gasteiger partial charge is 0.460 e. The van der Waals surface area contributed by atoms with Gasteiger partial charge in [0.1, 0.15) is 5.60 Å². The molecular formula is C20H30ClNO4. The molecule has 0 bridgehead atoms. The summed E-state index contributed by atoms with van der Waals surface area (Å²) in [5.41, 5.74) is 0.444. The predicted octanol–water partition coefficient (Wildman–Crippen LogP) is 4.30. The first-order chi connectivity index (χ1) is 12.2. The molecule has 26 heavy (non-hydrogen) atoms. The number of carbonyl (C=O) groups excluding carboxylic acids is 1. The van der Waals surface area contributed by atoms with E-state index in [0.717, 1.165) is 12.1 Å². The van der Waals surface area contributed by atoms with Crippen LogP contribution in [0.1, 0.15) is 46.6 Å². The van der Waals surface area contributed by atoms with E-state index in [1.54, 1.807) is 6.07 Å². The quantitative estimate of drug-likeness (QED) is 0.657. The highest BCUT2D eigenvalue weighted by molar-refractivity contribution is 6.31. The number of ether oxygens (including phenoxy) is 3. The fraction of sp³-hybridized carbons (Fsp3) is 0.650. The Bertz CT molecular complexity index is 641. The predicted molar refractivity (Wildman–Crippen MR) is 103 cm³/mol. The molecule has 1 aliphatic heterocycles. The Kier molecular flexibility index (Phi) is 6.80. The van der Waals surface area contributed by atoms with E-state index < -0.39 is 5.60 Å². The first kappa shape index (κ1) is 20.8. The molecule has 146 valence electrons. The summed E-state index contributed by atoms with van der Waals surface area (Å²) in [6, 6.07) is 3.69. The zero-order valence-electron chi connectivity index (χ0n) is 16.6. The maximum absolute atomic E-state index is 12.8. The van der Waals surface area contributed by atoms with Crippen molar-refractivity contribution in [1.82, 2.24) is 4.90 Å². The molecule has 0 amide bonds. The molecule has 0 saturated heterocycles. The Balaban J connectivity index is 2.28. The summed E-state index contributed by atoms with van der Waals surface area (Å²) in [4.78, 5) is 15.0. The van der Waals surface area contributed by atoms with Crippen molar-refractivity contribution in [3.8, 4) is 11.5 Å². The third-order valence-electron chi connectivity index (χ3n) is 4.65. The first-order valence-corrected chi connectivity index (χ1v) is 9.55. The molecule has 0 fully saturated rings. The molecule has 0 saturated carbocycles. The summed E-state index contributed by atoms with van der Waals surface area (Å²) in [5.74, 6) is 0.966. The highest BCUT2D eigenvalue weighted by Gasteiger charge is 2.33. The van der Waals surface area contributed by atoms with Crippen LogP contribution in [0, 0.1) is 5.92 Å². The molecule has 0 aromatic heterocycles. The van der Waals surface area contributed by atoms with Crippen molar-refractivity contribution in [1.29, 1.82) is 0 Å². The van der Waals surface area contributed by atoms with Crippen LogP contribution < -0.4 is 9.47 Å². The number of nitrogens with zero attached hydrogens (tertiary/aromatic N) is 1. The number of carbonyl (C=O) groups is 1. The van der Waals surface area contributed by atoms with Gasteiger partial charge in [0.15, 0.2) is 11.5 Å². The zero-order valence-corrected chi connectivity index (χ0v) is 17.4. The second kappa shape index (κ2) is 8.49. The van der Waals surface area contributed by atoms with Gasteiger partial charge in [0.2, 0.25) is 6.79 Å². The van der Waals surface area contributed by atoms with Crippen LogP contribution in [0.3, 0.4) is 0 Å². The summed E-state index contributed by atoms with van der Waals surface area (Å²) in [7, 11) is 2.03. The van der Waals surface area contributed by atoms with Gasteiger partial charge in [-0.05, 0) is 58.8 Å². The van der Waals surface area contributed by atoms with Gasteiger partial charge in [0, 0.05) is 17.1 Å². The minimum absolute atomic E-state index is 0.0160. The maximum atomic E-state index is 12.8. The van der Waals surface area contributed by atoms with E-state index in [2.05, 4.69) is 11.8 Å². The van der Waals surface area contributed by atoms with Gasteiger partial charge in [-0.1, -0.05) is 25.4 Å². The van der Waals surface area contributed by atoms with E-state index in [4.69, 9.17) is 25.8 Å². The molecule has 1 aliphatic rings.